The molecule has 0 radical (unpaired) electrons. The van der Waals surface area contributed by atoms with Crippen LogP contribution < -0.4 is 11.1 Å². The minimum Gasteiger partial charge on any atom is -0.388 e. The molecule has 5 N–H and O–H groups in total. The number of hydrogen-bond acceptors (Lipinski definition) is 2. The van der Waals surface area contributed by atoms with Gasteiger partial charge in [-0.1, -0.05) is 30.3 Å². The molecule has 0 aliphatic carbocycles. The Balaban J connectivity index is 2.36. The summed E-state index contributed by atoms with van der Waals surface area (Å²) < 4.78 is 0. The maximum absolute atomic E-state index is 9.68. The standard InChI is InChI=1S/C10H15N3O/c11-10(12)13-7-6-9(14)8-4-2-1-3-5-8/h1-5,9,14H,6-7H2,(H4,11,12,13). The minimum atomic E-state index is -0.497. The molecule has 0 amide bonds. The van der Waals surface area contributed by atoms with E-state index in [1.54, 1.807) is 0 Å². The molecule has 76 valence electrons. The van der Waals surface area contributed by atoms with Crippen LogP contribution in [0.15, 0.2) is 30.3 Å². The Morgan fingerprint density at radius 1 is 1.43 bits per heavy atom. The molecule has 1 rings (SSSR count). The molecule has 1 atom stereocenters. The minimum absolute atomic E-state index is 0.0646. The van der Waals surface area contributed by atoms with E-state index in [2.05, 4.69) is 5.32 Å². The zero-order chi connectivity index (χ0) is 10.4. The Morgan fingerprint density at radius 3 is 2.64 bits per heavy atom. The van der Waals surface area contributed by atoms with Crippen molar-refractivity contribution in [3.63, 3.8) is 0 Å². The summed E-state index contributed by atoms with van der Waals surface area (Å²) in [6.07, 6.45) is 0.0481. The van der Waals surface area contributed by atoms with Gasteiger partial charge in [-0.05, 0) is 12.0 Å². The number of benzene rings is 1. The van der Waals surface area contributed by atoms with Crippen molar-refractivity contribution >= 4 is 5.96 Å². The normalized spacial score (nSPS) is 12.1. The zero-order valence-corrected chi connectivity index (χ0v) is 7.90. The van der Waals surface area contributed by atoms with Gasteiger partial charge in [0.25, 0.3) is 0 Å². The lowest BCUT2D eigenvalue weighted by molar-refractivity contribution is 0.168. The maximum atomic E-state index is 9.68. The lowest BCUT2D eigenvalue weighted by atomic mass is 10.1. The van der Waals surface area contributed by atoms with Crippen LogP contribution in [-0.2, 0) is 0 Å². The van der Waals surface area contributed by atoms with Gasteiger partial charge >= 0.3 is 0 Å². The highest BCUT2D eigenvalue weighted by Gasteiger charge is 2.05. The molecule has 4 nitrogen and oxygen atoms in total. The second kappa shape index (κ2) is 5.24. The van der Waals surface area contributed by atoms with Gasteiger partial charge in [-0.3, -0.25) is 5.41 Å². The highest BCUT2D eigenvalue weighted by atomic mass is 16.3. The summed E-state index contributed by atoms with van der Waals surface area (Å²) in [5.74, 6) is -0.0646. The predicted molar refractivity (Wildman–Crippen MR) is 55.9 cm³/mol. The van der Waals surface area contributed by atoms with Crippen molar-refractivity contribution in [2.24, 2.45) is 5.73 Å². The van der Waals surface area contributed by atoms with Crippen molar-refractivity contribution in [2.45, 2.75) is 12.5 Å². The monoisotopic (exact) mass is 193 g/mol. The van der Waals surface area contributed by atoms with Crippen molar-refractivity contribution in [1.82, 2.24) is 5.32 Å². The molecule has 0 bridgehead atoms. The number of aliphatic hydroxyl groups excluding tert-OH is 1. The topological polar surface area (TPSA) is 82.1 Å². The molecule has 0 fully saturated rings. The number of guanidine groups is 1. The third-order valence-corrected chi connectivity index (χ3v) is 1.92. The second-order valence-electron chi connectivity index (χ2n) is 3.06. The summed E-state index contributed by atoms with van der Waals surface area (Å²) in [4.78, 5) is 0. The zero-order valence-electron chi connectivity index (χ0n) is 7.90. The van der Waals surface area contributed by atoms with E-state index >= 15 is 0 Å². The van der Waals surface area contributed by atoms with Crippen LogP contribution in [0.25, 0.3) is 0 Å². The highest BCUT2D eigenvalue weighted by molar-refractivity contribution is 5.74. The summed E-state index contributed by atoms with van der Waals surface area (Å²) in [6, 6.07) is 9.43. The number of hydrogen-bond donors (Lipinski definition) is 4. The molecule has 0 aromatic heterocycles. The third-order valence-electron chi connectivity index (χ3n) is 1.92. The lowest BCUT2D eigenvalue weighted by Gasteiger charge is -2.11. The first-order valence-corrected chi connectivity index (χ1v) is 4.51. The van der Waals surface area contributed by atoms with Gasteiger partial charge in [0.1, 0.15) is 0 Å². The summed E-state index contributed by atoms with van der Waals surface area (Å²) in [6.45, 7) is 0.505. The van der Waals surface area contributed by atoms with Crippen LogP contribution in [0.1, 0.15) is 18.1 Å². The summed E-state index contributed by atoms with van der Waals surface area (Å²) in [7, 11) is 0. The molecule has 14 heavy (non-hydrogen) atoms. The molecule has 0 aliphatic rings. The van der Waals surface area contributed by atoms with Gasteiger partial charge in [-0.15, -0.1) is 0 Å². The van der Waals surface area contributed by atoms with Gasteiger partial charge < -0.3 is 16.2 Å². The lowest BCUT2D eigenvalue weighted by Crippen LogP contribution is -2.31. The van der Waals surface area contributed by atoms with E-state index in [1.807, 2.05) is 30.3 Å². The number of nitrogens with two attached hydrogens (primary N) is 1. The predicted octanol–water partition coefficient (Wildman–Crippen LogP) is 0.593. The van der Waals surface area contributed by atoms with Crippen molar-refractivity contribution < 1.29 is 5.11 Å². The quantitative estimate of drug-likeness (QED) is 0.417. The van der Waals surface area contributed by atoms with Crippen LogP contribution in [0, 0.1) is 5.41 Å². The summed E-state index contributed by atoms with van der Waals surface area (Å²) in [5, 5.41) is 19.3. The molecule has 4 heteroatoms. The highest BCUT2D eigenvalue weighted by Crippen LogP contribution is 2.14. The smallest absolute Gasteiger partial charge is 0.185 e. The SMILES string of the molecule is N=C(N)NCCC(O)c1ccccc1. The molecule has 1 aromatic rings. The summed E-state index contributed by atoms with van der Waals surface area (Å²) in [5.41, 5.74) is 5.99. The van der Waals surface area contributed by atoms with Crippen molar-refractivity contribution in [2.75, 3.05) is 6.54 Å². The number of rotatable bonds is 4. The third kappa shape index (κ3) is 3.45. The largest absolute Gasteiger partial charge is 0.388 e. The van der Waals surface area contributed by atoms with Crippen LogP contribution >= 0.6 is 0 Å². The molecule has 0 aliphatic heterocycles. The van der Waals surface area contributed by atoms with Crippen molar-refractivity contribution in [3.8, 4) is 0 Å². The van der Waals surface area contributed by atoms with Crippen LogP contribution in [0.4, 0.5) is 0 Å². The fourth-order valence-corrected chi connectivity index (χ4v) is 1.19. The van der Waals surface area contributed by atoms with E-state index in [9.17, 15) is 5.11 Å². The number of aliphatic hydroxyl groups is 1. The van der Waals surface area contributed by atoms with Crippen LogP contribution in [0.2, 0.25) is 0 Å². The van der Waals surface area contributed by atoms with Gasteiger partial charge in [0.2, 0.25) is 0 Å². The fourth-order valence-electron chi connectivity index (χ4n) is 1.19. The van der Waals surface area contributed by atoms with Crippen LogP contribution in [-0.4, -0.2) is 17.6 Å². The molecule has 1 aromatic carbocycles. The van der Waals surface area contributed by atoms with E-state index < -0.39 is 6.10 Å². The molecule has 0 spiro atoms. The van der Waals surface area contributed by atoms with Crippen LogP contribution in [0.3, 0.4) is 0 Å². The Kier molecular flexibility index (Phi) is 3.94. The average Bonchev–Trinajstić information content (AvgIpc) is 2.18. The van der Waals surface area contributed by atoms with Gasteiger partial charge in [-0.2, -0.15) is 0 Å². The van der Waals surface area contributed by atoms with Gasteiger partial charge in [0.15, 0.2) is 5.96 Å². The van der Waals surface area contributed by atoms with Gasteiger partial charge in [0.05, 0.1) is 6.10 Å². The van der Waals surface area contributed by atoms with Gasteiger partial charge in [0, 0.05) is 6.54 Å². The van der Waals surface area contributed by atoms with Crippen molar-refractivity contribution in [1.29, 1.82) is 5.41 Å². The Morgan fingerprint density at radius 2 is 2.07 bits per heavy atom. The first kappa shape index (κ1) is 10.5. The Labute approximate surface area is 83.3 Å². The fraction of sp³-hybridized carbons (Fsp3) is 0.300. The first-order chi connectivity index (χ1) is 6.70. The number of nitrogens with one attached hydrogen (secondary N) is 2. The first-order valence-electron chi connectivity index (χ1n) is 4.51. The van der Waals surface area contributed by atoms with E-state index in [1.165, 1.54) is 0 Å². The Hall–Kier alpha value is -1.55. The second-order valence-corrected chi connectivity index (χ2v) is 3.06. The maximum Gasteiger partial charge on any atom is 0.185 e. The molecule has 0 saturated carbocycles. The summed E-state index contributed by atoms with van der Waals surface area (Å²) >= 11 is 0. The van der Waals surface area contributed by atoms with E-state index in [4.69, 9.17) is 11.1 Å². The average molecular weight is 193 g/mol. The van der Waals surface area contributed by atoms with E-state index in [-0.39, 0.29) is 5.96 Å². The molecular weight excluding hydrogens is 178 g/mol. The van der Waals surface area contributed by atoms with Gasteiger partial charge in [-0.25, -0.2) is 0 Å². The van der Waals surface area contributed by atoms with E-state index in [0.29, 0.717) is 13.0 Å². The van der Waals surface area contributed by atoms with E-state index in [0.717, 1.165) is 5.56 Å². The van der Waals surface area contributed by atoms with Crippen molar-refractivity contribution in [3.05, 3.63) is 35.9 Å². The molecule has 0 heterocycles. The molecule has 0 saturated heterocycles. The van der Waals surface area contributed by atoms with Crippen LogP contribution in [0.5, 0.6) is 0 Å². The Bertz CT molecular complexity index is 287. The molecule has 1 unspecified atom stereocenters. The molecular formula is C10H15N3O.